The summed E-state index contributed by atoms with van der Waals surface area (Å²) in [6.07, 6.45) is 0. The Morgan fingerprint density at radius 3 is 2.80 bits per heavy atom. The first-order valence-electron chi connectivity index (χ1n) is 6.27. The van der Waals surface area contributed by atoms with E-state index < -0.39 is 0 Å². The van der Waals surface area contributed by atoms with Crippen LogP contribution in [0.5, 0.6) is 5.75 Å². The maximum Gasteiger partial charge on any atom is 0.123 e. The molecule has 0 unspecified atom stereocenters. The van der Waals surface area contributed by atoms with Gasteiger partial charge in [0.2, 0.25) is 0 Å². The highest BCUT2D eigenvalue weighted by molar-refractivity contribution is 5.98. The van der Waals surface area contributed by atoms with Crippen molar-refractivity contribution in [3.8, 4) is 5.75 Å². The van der Waals surface area contributed by atoms with Crippen LogP contribution in [0, 0.1) is 12.7 Å². The minimum Gasteiger partial charge on any atom is -0.489 e. The minimum absolute atomic E-state index is 0.272. The maximum absolute atomic E-state index is 13.2. The summed E-state index contributed by atoms with van der Waals surface area (Å²) in [7, 11) is 0. The van der Waals surface area contributed by atoms with Gasteiger partial charge < -0.3 is 9.94 Å². The highest BCUT2D eigenvalue weighted by atomic mass is 19.1. The fourth-order valence-corrected chi connectivity index (χ4v) is 1.83. The van der Waals surface area contributed by atoms with Crippen LogP contribution in [0.3, 0.4) is 0 Å². The molecule has 2 aromatic carbocycles. The smallest absolute Gasteiger partial charge is 0.123 e. The van der Waals surface area contributed by atoms with E-state index in [1.54, 1.807) is 19.1 Å². The Hall–Kier alpha value is -2.36. The van der Waals surface area contributed by atoms with E-state index in [0.29, 0.717) is 18.1 Å². The van der Waals surface area contributed by atoms with Crippen molar-refractivity contribution in [2.75, 3.05) is 0 Å². The third-order valence-electron chi connectivity index (χ3n) is 3.11. The number of rotatable bonds is 4. The average molecular weight is 273 g/mol. The van der Waals surface area contributed by atoms with Gasteiger partial charge in [0.15, 0.2) is 0 Å². The molecule has 0 saturated carbocycles. The summed E-state index contributed by atoms with van der Waals surface area (Å²) in [4.78, 5) is 0. The molecule has 2 rings (SSSR count). The maximum atomic E-state index is 13.2. The summed E-state index contributed by atoms with van der Waals surface area (Å²) in [5.41, 5.74) is 3.08. The summed E-state index contributed by atoms with van der Waals surface area (Å²) in [6, 6.07) is 11.9. The molecule has 0 aliphatic carbocycles. The second-order valence-electron chi connectivity index (χ2n) is 4.57. The monoisotopic (exact) mass is 273 g/mol. The molecule has 1 N–H and O–H groups in total. The van der Waals surface area contributed by atoms with Gasteiger partial charge in [0.05, 0.1) is 5.71 Å². The zero-order chi connectivity index (χ0) is 14.5. The van der Waals surface area contributed by atoms with Crippen LogP contribution >= 0.6 is 0 Å². The van der Waals surface area contributed by atoms with E-state index in [2.05, 4.69) is 5.16 Å². The SMILES string of the molecule is C/C(=N/O)c1cccc(OCc2cc(F)ccc2C)c1. The van der Waals surface area contributed by atoms with E-state index in [4.69, 9.17) is 9.94 Å². The van der Waals surface area contributed by atoms with Crippen molar-refractivity contribution in [1.29, 1.82) is 0 Å². The lowest BCUT2D eigenvalue weighted by atomic mass is 10.1. The Morgan fingerprint density at radius 1 is 1.25 bits per heavy atom. The highest BCUT2D eigenvalue weighted by Gasteiger charge is 2.04. The zero-order valence-corrected chi connectivity index (χ0v) is 11.4. The van der Waals surface area contributed by atoms with Gasteiger partial charge in [-0.1, -0.05) is 23.4 Å². The van der Waals surface area contributed by atoms with Gasteiger partial charge in [0, 0.05) is 5.56 Å². The summed E-state index contributed by atoms with van der Waals surface area (Å²) >= 11 is 0. The minimum atomic E-state index is -0.272. The first kappa shape index (κ1) is 14.1. The molecule has 0 aliphatic rings. The van der Waals surface area contributed by atoms with E-state index in [9.17, 15) is 4.39 Å². The Kier molecular flexibility index (Phi) is 4.35. The average Bonchev–Trinajstić information content (AvgIpc) is 2.47. The van der Waals surface area contributed by atoms with Crippen molar-refractivity contribution in [1.82, 2.24) is 0 Å². The van der Waals surface area contributed by atoms with Crippen LogP contribution < -0.4 is 4.74 Å². The van der Waals surface area contributed by atoms with Crippen molar-refractivity contribution in [2.45, 2.75) is 20.5 Å². The van der Waals surface area contributed by atoms with Gasteiger partial charge in [-0.05, 0) is 49.2 Å². The van der Waals surface area contributed by atoms with Gasteiger partial charge in [-0.25, -0.2) is 4.39 Å². The quantitative estimate of drug-likeness (QED) is 0.521. The molecule has 0 fully saturated rings. The molecule has 0 saturated heterocycles. The Bertz CT molecular complexity index is 638. The van der Waals surface area contributed by atoms with Gasteiger partial charge in [0.1, 0.15) is 18.2 Å². The molecule has 0 heterocycles. The van der Waals surface area contributed by atoms with E-state index in [0.717, 1.165) is 16.7 Å². The molecule has 0 spiro atoms. The number of halogens is 1. The zero-order valence-electron chi connectivity index (χ0n) is 11.4. The standard InChI is InChI=1S/C16H16FNO2/c1-11-6-7-15(17)8-14(11)10-20-16-5-3-4-13(9-16)12(2)18-19/h3-9,19H,10H2,1-2H3/b18-12-. The third-order valence-corrected chi connectivity index (χ3v) is 3.11. The molecular formula is C16H16FNO2. The molecule has 0 aromatic heterocycles. The predicted octanol–water partition coefficient (Wildman–Crippen LogP) is 3.91. The number of benzene rings is 2. The molecule has 0 radical (unpaired) electrons. The third kappa shape index (κ3) is 3.35. The van der Waals surface area contributed by atoms with Crippen LogP contribution in [0.25, 0.3) is 0 Å². The van der Waals surface area contributed by atoms with Crippen LogP contribution in [0.2, 0.25) is 0 Å². The second kappa shape index (κ2) is 6.19. The summed E-state index contributed by atoms with van der Waals surface area (Å²) in [5, 5.41) is 11.9. The lowest BCUT2D eigenvalue weighted by molar-refractivity contribution is 0.304. The number of hydrogen-bond acceptors (Lipinski definition) is 3. The molecule has 4 heteroatoms. The van der Waals surface area contributed by atoms with Gasteiger partial charge in [-0.3, -0.25) is 0 Å². The van der Waals surface area contributed by atoms with Crippen LogP contribution in [0.15, 0.2) is 47.6 Å². The van der Waals surface area contributed by atoms with Crippen LogP contribution in [0.4, 0.5) is 4.39 Å². The molecule has 3 nitrogen and oxygen atoms in total. The van der Waals surface area contributed by atoms with Crippen molar-refractivity contribution in [3.63, 3.8) is 0 Å². The summed E-state index contributed by atoms with van der Waals surface area (Å²) in [5.74, 6) is 0.375. The van der Waals surface area contributed by atoms with Crippen LogP contribution in [0.1, 0.15) is 23.6 Å². The van der Waals surface area contributed by atoms with Gasteiger partial charge >= 0.3 is 0 Å². The lowest BCUT2D eigenvalue weighted by Gasteiger charge is -2.10. The van der Waals surface area contributed by atoms with Crippen LogP contribution in [-0.4, -0.2) is 10.9 Å². The molecule has 0 aliphatic heterocycles. The van der Waals surface area contributed by atoms with E-state index in [1.807, 2.05) is 25.1 Å². The molecule has 0 amide bonds. The molecular weight excluding hydrogens is 257 g/mol. The largest absolute Gasteiger partial charge is 0.489 e. The molecule has 20 heavy (non-hydrogen) atoms. The normalized spacial score (nSPS) is 11.4. The fraction of sp³-hybridized carbons (Fsp3) is 0.188. The number of aryl methyl sites for hydroxylation is 1. The molecule has 0 bridgehead atoms. The van der Waals surface area contributed by atoms with Crippen LogP contribution in [-0.2, 0) is 6.61 Å². The van der Waals surface area contributed by atoms with Crippen molar-refractivity contribution in [3.05, 3.63) is 65.0 Å². The lowest BCUT2D eigenvalue weighted by Crippen LogP contribution is -2.00. The molecule has 104 valence electrons. The number of ether oxygens (including phenoxy) is 1. The first-order valence-corrected chi connectivity index (χ1v) is 6.27. The molecule has 0 atom stereocenters. The van der Waals surface area contributed by atoms with E-state index >= 15 is 0 Å². The molecule has 2 aromatic rings. The second-order valence-corrected chi connectivity index (χ2v) is 4.57. The van der Waals surface area contributed by atoms with E-state index in [-0.39, 0.29) is 5.82 Å². The predicted molar refractivity (Wildman–Crippen MR) is 75.9 cm³/mol. The van der Waals surface area contributed by atoms with E-state index in [1.165, 1.54) is 12.1 Å². The van der Waals surface area contributed by atoms with Crippen molar-refractivity contribution < 1.29 is 14.3 Å². The Labute approximate surface area is 117 Å². The number of oxime groups is 1. The topological polar surface area (TPSA) is 41.8 Å². The first-order chi connectivity index (χ1) is 9.60. The van der Waals surface area contributed by atoms with Gasteiger partial charge in [-0.15, -0.1) is 0 Å². The van der Waals surface area contributed by atoms with Crippen molar-refractivity contribution >= 4 is 5.71 Å². The number of hydrogen-bond donors (Lipinski definition) is 1. The Morgan fingerprint density at radius 2 is 2.05 bits per heavy atom. The summed E-state index contributed by atoms with van der Waals surface area (Å²) in [6.45, 7) is 3.91. The summed E-state index contributed by atoms with van der Waals surface area (Å²) < 4.78 is 18.8. The van der Waals surface area contributed by atoms with Gasteiger partial charge in [-0.2, -0.15) is 0 Å². The van der Waals surface area contributed by atoms with Gasteiger partial charge in [0.25, 0.3) is 0 Å². The van der Waals surface area contributed by atoms with Crippen molar-refractivity contribution in [2.24, 2.45) is 5.16 Å². The Balaban J connectivity index is 2.13. The number of nitrogens with zero attached hydrogens (tertiary/aromatic N) is 1. The highest BCUT2D eigenvalue weighted by Crippen LogP contribution is 2.17. The fourth-order valence-electron chi connectivity index (χ4n) is 1.83.